The number of aromatic nitrogens is 2. The van der Waals surface area contributed by atoms with Crippen molar-refractivity contribution in [2.75, 3.05) is 0 Å². The van der Waals surface area contributed by atoms with Gasteiger partial charge >= 0.3 is 6.61 Å². The summed E-state index contributed by atoms with van der Waals surface area (Å²) in [6.45, 7) is -1.52. The fraction of sp³-hybridized carbons (Fsp3) is 0.273. The summed E-state index contributed by atoms with van der Waals surface area (Å²) in [4.78, 5) is 0. The molecule has 0 fully saturated rings. The van der Waals surface area contributed by atoms with Crippen LogP contribution in [-0.4, -0.2) is 16.2 Å². The number of halogens is 2. The van der Waals surface area contributed by atoms with Crippen molar-refractivity contribution in [3.63, 3.8) is 0 Å². The summed E-state index contributed by atoms with van der Waals surface area (Å²) in [7, 11) is 0. The zero-order valence-corrected chi connectivity index (χ0v) is 10.2. The average Bonchev–Trinajstić information content (AvgIpc) is 2.84. The number of nitrogens with zero attached hydrogens (tertiary/aromatic N) is 2. The van der Waals surface area contributed by atoms with Crippen LogP contribution in [0.3, 0.4) is 0 Å². The smallest absolute Gasteiger partial charge is 0.387 e. The van der Waals surface area contributed by atoms with Gasteiger partial charge in [-0.05, 0) is 29.2 Å². The summed E-state index contributed by atoms with van der Waals surface area (Å²) < 4.78 is 31.9. The molecule has 96 valence electrons. The standard InChI is InChI=1S/C11H11F2N3OS/c12-11(13)17-10-3-1-8(2-4-10)5-14-6-9-7-18-16-15-9/h1-4,7,11,14H,5-6H2. The van der Waals surface area contributed by atoms with Crippen LogP contribution in [0.5, 0.6) is 5.75 Å². The molecule has 1 aromatic carbocycles. The lowest BCUT2D eigenvalue weighted by molar-refractivity contribution is -0.0498. The van der Waals surface area contributed by atoms with Gasteiger partial charge in [0.15, 0.2) is 0 Å². The second kappa shape index (κ2) is 6.36. The van der Waals surface area contributed by atoms with Crippen LogP contribution in [0.15, 0.2) is 29.6 Å². The Morgan fingerprint density at radius 2 is 2.00 bits per heavy atom. The Kier molecular flexibility index (Phi) is 4.54. The molecular formula is C11H11F2N3OS. The van der Waals surface area contributed by atoms with E-state index in [-0.39, 0.29) is 5.75 Å². The molecule has 0 atom stereocenters. The molecule has 7 heteroatoms. The van der Waals surface area contributed by atoms with Gasteiger partial charge < -0.3 is 10.1 Å². The van der Waals surface area contributed by atoms with Crippen LogP contribution in [-0.2, 0) is 13.1 Å². The molecule has 1 heterocycles. The minimum Gasteiger partial charge on any atom is -0.435 e. The number of ether oxygens (including phenoxy) is 1. The summed E-state index contributed by atoms with van der Waals surface area (Å²) >= 11 is 1.30. The minimum absolute atomic E-state index is 0.164. The van der Waals surface area contributed by atoms with Gasteiger partial charge in [0.05, 0.1) is 5.69 Å². The summed E-state index contributed by atoms with van der Waals surface area (Å²) in [5.41, 5.74) is 1.87. The monoisotopic (exact) mass is 271 g/mol. The Hall–Kier alpha value is -1.60. The Labute approximate surface area is 107 Å². The molecule has 1 N–H and O–H groups in total. The maximum absolute atomic E-state index is 11.9. The molecular weight excluding hydrogens is 260 g/mol. The van der Waals surface area contributed by atoms with Crippen LogP contribution in [0.2, 0.25) is 0 Å². The highest BCUT2D eigenvalue weighted by molar-refractivity contribution is 7.03. The third-order valence-corrected chi connectivity index (χ3v) is 2.74. The molecule has 0 radical (unpaired) electrons. The number of hydrogen-bond acceptors (Lipinski definition) is 5. The van der Waals surface area contributed by atoms with E-state index in [1.807, 2.05) is 5.38 Å². The van der Waals surface area contributed by atoms with Crippen molar-refractivity contribution in [1.29, 1.82) is 0 Å². The molecule has 0 saturated heterocycles. The molecule has 0 aliphatic heterocycles. The summed E-state index contributed by atoms with van der Waals surface area (Å²) in [6.07, 6.45) is 0. The van der Waals surface area contributed by atoms with E-state index in [0.717, 1.165) is 11.3 Å². The highest BCUT2D eigenvalue weighted by Crippen LogP contribution is 2.14. The molecule has 4 nitrogen and oxygen atoms in total. The van der Waals surface area contributed by atoms with E-state index in [1.54, 1.807) is 12.1 Å². The van der Waals surface area contributed by atoms with Gasteiger partial charge in [0.25, 0.3) is 0 Å². The highest BCUT2D eigenvalue weighted by Gasteiger charge is 2.03. The SMILES string of the molecule is FC(F)Oc1ccc(CNCc2csnn2)cc1. The first-order valence-corrected chi connectivity index (χ1v) is 6.08. The van der Waals surface area contributed by atoms with Crippen molar-refractivity contribution in [2.24, 2.45) is 0 Å². The van der Waals surface area contributed by atoms with Gasteiger partial charge in [-0.3, -0.25) is 0 Å². The number of benzene rings is 1. The normalized spacial score (nSPS) is 10.8. The van der Waals surface area contributed by atoms with Crippen LogP contribution in [0.25, 0.3) is 0 Å². The topological polar surface area (TPSA) is 47.0 Å². The molecule has 0 amide bonds. The van der Waals surface area contributed by atoms with Gasteiger partial charge in [0.1, 0.15) is 5.75 Å². The van der Waals surface area contributed by atoms with Crippen LogP contribution in [0, 0.1) is 0 Å². The predicted octanol–water partition coefficient (Wildman–Crippen LogP) is 2.43. The lowest BCUT2D eigenvalue weighted by Gasteiger charge is -2.06. The van der Waals surface area contributed by atoms with E-state index in [2.05, 4.69) is 19.6 Å². The van der Waals surface area contributed by atoms with Gasteiger partial charge in [-0.25, -0.2) is 0 Å². The van der Waals surface area contributed by atoms with Gasteiger partial charge in [0.2, 0.25) is 0 Å². The van der Waals surface area contributed by atoms with Gasteiger partial charge in [-0.1, -0.05) is 16.6 Å². The summed E-state index contributed by atoms with van der Waals surface area (Å²) in [5.74, 6) is 0.164. The zero-order chi connectivity index (χ0) is 12.8. The van der Waals surface area contributed by atoms with Crippen molar-refractivity contribution in [2.45, 2.75) is 19.7 Å². The first kappa shape index (κ1) is 12.8. The Bertz CT molecular complexity index is 462. The average molecular weight is 271 g/mol. The molecule has 18 heavy (non-hydrogen) atoms. The fourth-order valence-electron chi connectivity index (χ4n) is 1.38. The Balaban J connectivity index is 1.79. The van der Waals surface area contributed by atoms with E-state index in [4.69, 9.17) is 0 Å². The zero-order valence-electron chi connectivity index (χ0n) is 9.35. The lowest BCUT2D eigenvalue weighted by Crippen LogP contribution is -2.12. The van der Waals surface area contributed by atoms with Crippen molar-refractivity contribution in [3.8, 4) is 5.75 Å². The van der Waals surface area contributed by atoms with E-state index in [0.29, 0.717) is 13.1 Å². The lowest BCUT2D eigenvalue weighted by atomic mass is 10.2. The molecule has 0 unspecified atom stereocenters. The molecule has 1 aromatic heterocycles. The van der Waals surface area contributed by atoms with Gasteiger partial charge in [0, 0.05) is 18.5 Å². The van der Waals surface area contributed by atoms with Crippen molar-refractivity contribution in [1.82, 2.24) is 14.9 Å². The van der Waals surface area contributed by atoms with Crippen molar-refractivity contribution < 1.29 is 13.5 Å². The molecule has 0 aliphatic rings. The van der Waals surface area contributed by atoms with E-state index in [9.17, 15) is 8.78 Å². The Morgan fingerprint density at radius 3 is 2.61 bits per heavy atom. The molecule has 0 aliphatic carbocycles. The molecule has 0 spiro atoms. The number of hydrogen-bond donors (Lipinski definition) is 1. The minimum atomic E-state index is -2.79. The maximum atomic E-state index is 11.9. The van der Waals surface area contributed by atoms with Crippen LogP contribution < -0.4 is 10.1 Å². The van der Waals surface area contributed by atoms with Crippen molar-refractivity contribution >= 4 is 11.5 Å². The predicted molar refractivity (Wildman–Crippen MR) is 63.5 cm³/mol. The van der Waals surface area contributed by atoms with Crippen LogP contribution >= 0.6 is 11.5 Å². The summed E-state index contributed by atoms with van der Waals surface area (Å²) in [5, 5.41) is 8.94. The van der Waals surface area contributed by atoms with Gasteiger partial charge in [-0.2, -0.15) is 8.78 Å². The molecule has 2 rings (SSSR count). The number of alkyl halides is 2. The van der Waals surface area contributed by atoms with Crippen LogP contribution in [0.1, 0.15) is 11.3 Å². The third-order valence-electron chi connectivity index (χ3n) is 2.19. The number of nitrogens with one attached hydrogen (secondary N) is 1. The maximum Gasteiger partial charge on any atom is 0.387 e. The summed E-state index contributed by atoms with van der Waals surface area (Å²) in [6, 6.07) is 6.52. The van der Waals surface area contributed by atoms with Crippen LogP contribution in [0.4, 0.5) is 8.78 Å². The van der Waals surface area contributed by atoms with E-state index in [1.165, 1.54) is 23.7 Å². The quantitative estimate of drug-likeness (QED) is 0.876. The van der Waals surface area contributed by atoms with Crippen molar-refractivity contribution in [3.05, 3.63) is 40.9 Å². The number of rotatable bonds is 6. The Morgan fingerprint density at radius 1 is 1.22 bits per heavy atom. The van der Waals surface area contributed by atoms with Gasteiger partial charge in [-0.15, -0.1) is 5.10 Å². The fourth-order valence-corrected chi connectivity index (χ4v) is 1.84. The molecule has 0 bridgehead atoms. The second-order valence-corrected chi connectivity index (χ2v) is 4.13. The second-order valence-electron chi connectivity index (χ2n) is 3.52. The first-order valence-electron chi connectivity index (χ1n) is 5.24. The van der Waals surface area contributed by atoms with E-state index >= 15 is 0 Å². The first-order chi connectivity index (χ1) is 8.74. The van der Waals surface area contributed by atoms with E-state index < -0.39 is 6.61 Å². The molecule has 2 aromatic rings. The largest absolute Gasteiger partial charge is 0.435 e. The third kappa shape index (κ3) is 4.01. The highest BCUT2D eigenvalue weighted by atomic mass is 32.1. The molecule has 0 saturated carbocycles.